The number of unbranched alkanes of at least 4 members (excludes halogenated alkanes) is 3. The van der Waals surface area contributed by atoms with Crippen LogP contribution < -0.4 is 10.2 Å². The third kappa shape index (κ3) is 4.87. The molecule has 17 heavy (non-hydrogen) atoms. The molecule has 0 aliphatic rings. The second-order valence-electron chi connectivity index (χ2n) is 3.72. The van der Waals surface area contributed by atoms with Gasteiger partial charge in [-0.2, -0.15) is 0 Å². The molecular formula is C13H18O4. The summed E-state index contributed by atoms with van der Waals surface area (Å²) in [6, 6.07) is 1.24. The molecular weight excluding hydrogens is 220 g/mol. The van der Waals surface area contributed by atoms with E-state index in [0.29, 0.717) is 6.61 Å². The van der Waals surface area contributed by atoms with Crippen LogP contribution in [0.5, 0.6) is 5.75 Å². The molecule has 0 unspecified atom stereocenters. The Kier molecular flexibility index (Phi) is 6.10. The van der Waals surface area contributed by atoms with Gasteiger partial charge in [0.05, 0.1) is 6.61 Å². The van der Waals surface area contributed by atoms with E-state index in [1.165, 1.54) is 12.3 Å². The summed E-state index contributed by atoms with van der Waals surface area (Å²) in [5, 5.41) is 8.77. The van der Waals surface area contributed by atoms with Gasteiger partial charge in [-0.05, 0) is 25.7 Å². The summed E-state index contributed by atoms with van der Waals surface area (Å²) < 4.78 is 10.3. The zero-order valence-electron chi connectivity index (χ0n) is 9.85. The molecule has 0 atom stereocenters. The molecule has 0 aliphatic carbocycles. The maximum absolute atomic E-state index is 11.5. The first-order valence-electron chi connectivity index (χ1n) is 5.74. The average Bonchev–Trinajstić information content (AvgIpc) is 2.35. The third-order valence-corrected chi connectivity index (χ3v) is 2.32. The molecule has 94 valence electrons. The first-order valence-corrected chi connectivity index (χ1v) is 5.74. The van der Waals surface area contributed by atoms with Gasteiger partial charge in [0.15, 0.2) is 0 Å². The van der Waals surface area contributed by atoms with E-state index in [9.17, 15) is 4.79 Å². The molecule has 0 saturated carbocycles. The molecule has 0 amide bonds. The zero-order valence-corrected chi connectivity index (χ0v) is 9.85. The van der Waals surface area contributed by atoms with E-state index in [0.717, 1.165) is 25.7 Å². The Morgan fingerprint density at radius 1 is 1.41 bits per heavy atom. The van der Waals surface area contributed by atoms with Gasteiger partial charge in [0.25, 0.3) is 0 Å². The van der Waals surface area contributed by atoms with Crippen LogP contribution >= 0.6 is 0 Å². The molecule has 4 nitrogen and oxygen atoms in total. The number of hydrogen-bond acceptors (Lipinski definition) is 4. The lowest BCUT2D eigenvalue weighted by Gasteiger charge is -2.04. The molecule has 0 fully saturated rings. The average molecular weight is 238 g/mol. The molecule has 0 radical (unpaired) electrons. The van der Waals surface area contributed by atoms with Crippen LogP contribution in [-0.4, -0.2) is 11.7 Å². The maximum Gasteiger partial charge on any atom is 0.227 e. The smallest absolute Gasteiger partial charge is 0.227 e. The van der Waals surface area contributed by atoms with Gasteiger partial charge in [0.1, 0.15) is 18.6 Å². The van der Waals surface area contributed by atoms with Gasteiger partial charge in [-0.1, -0.05) is 6.08 Å². The van der Waals surface area contributed by atoms with Gasteiger partial charge >= 0.3 is 0 Å². The zero-order chi connectivity index (χ0) is 12.5. The molecule has 1 aromatic heterocycles. The summed E-state index contributed by atoms with van der Waals surface area (Å²) in [6.45, 7) is 3.87. The van der Waals surface area contributed by atoms with Gasteiger partial charge < -0.3 is 14.3 Å². The standard InChI is InChI=1S/C13H18O4/c1-2-3-4-5-6-7-16-13-10-17-11(9-14)8-12(13)15/h2,8,10,14H,1,3-7,9H2. The lowest BCUT2D eigenvalue weighted by atomic mass is 10.2. The second kappa shape index (κ2) is 7.68. The van der Waals surface area contributed by atoms with Crippen LogP contribution in [0.2, 0.25) is 0 Å². The topological polar surface area (TPSA) is 59.7 Å². The summed E-state index contributed by atoms with van der Waals surface area (Å²) >= 11 is 0. The van der Waals surface area contributed by atoms with Gasteiger partial charge in [-0.15, -0.1) is 6.58 Å². The molecule has 0 saturated heterocycles. The lowest BCUT2D eigenvalue weighted by molar-refractivity contribution is 0.236. The van der Waals surface area contributed by atoms with Crippen molar-refractivity contribution in [2.45, 2.75) is 32.3 Å². The van der Waals surface area contributed by atoms with E-state index < -0.39 is 0 Å². The molecule has 0 aliphatic heterocycles. The monoisotopic (exact) mass is 238 g/mol. The molecule has 0 aromatic carbocycles. The maximum atomic E-state index is 11.5. The van der Waals surface area contributed by atoms with E-state index in [1.807, 2.05) is 6.08 Å². The van der Waals surface area contributed by atoms with Gasteiger partial charge in [-0.3, -0.25) is 4.79 Å². The number of aliphatic hydroxyl groups is 1. The van der Waals surface area contributed by atoms with E-state index >= 15 is 0 Å². The highest BCUT2D eigenvalue weighted by atomic mass is 16.5. The normalized spacial score (nSPS) is 10.2. The summed E-state index contributed by atoms with van der Waals surface area (Å²) in [5.74, 6) is 0.444. The quantitative estimate of drug-likeness (QED) is 0.557. The van der Waals surface area contributed by atoms with Crippen LogP contribution in [0.1, 0.15) is 31.4 Å². The van der Waals surface area contributed by atoms with Crippen LogP contribution in [0.3, 0.4) is 0 Å². The van der Waals surface area contributed by atoms with Crippen molar-refractivity contribution in [1.29, 1.82) is 0 Å². The lowest BCUT2D eigenvalue weighted by Crippen LogP contribution is -2.08. The van der Waals surface area contributed by atoms with Crippen molar-refractivity contribution in [3.8, 4) is 5.75 Å². The number of aliphatic hydroxyl groups excluding tert-OH is 1. The number of allylic oxidation sites excluding steroid dienone is 1. The summed E-state index contributed by atoms with van der Waals surface area (Å²) in [6.07, 6.45) is 7.18. The molecule has 4 heteroatoms. The minimum atomic E-state index is -0.281. The highest BCUT2D eigenvalue weighted by Crippen LogP contribution is 2.07. The van der Waals surface area contributed by atoms with Crippen LogP contribution in [0.4, 0.5) is 0 Å². The Bertz CT molecular complexity index is 395. The first kappa shape index (κ1) is 13.5. The van der Waals surface area contributed by atoms with E-state index in [2.05, 4.69) is 6.58 Å². The van der Waals surface area contributed by atoms with E-state index in [1.54, 1.807) is 0 Å². The predicted octanol–water partition coefficient (Wildman–Crippen LogP) is 2.26. The Morgan fingerprint density at radius 2 is 2.24 bits per heavy atom. The number of hydrogen-bond donors (Lipinski definition) is 1. The van der Waals surface area contributed by atoms with Crippen molar-refractivity contribution in [3.05, 3.63) is 41.0 Å². The number of ether oxygens (including phenoxy) is 1. The Labute approximate surface area is 101 Å². The summed E-state index contributed by atoms with van der Waals surface area (Å²) in [5.41, 5.74) is -0.258. The van der Waals surface area contributed by atoms with Crippen LogP contribution in [-0.2, 0) is 6.61 Å². The molecule has 1 heterocycles. The minimum absolute atomic E-state index is 0.200. The highest BCUT2D eigenvalue weighted by molar-refractivity contribution is 5.17. The van der Waals surface area contributed by atoms with Crippen molar-refractivity contribution < 1.29 is 14.3 Å². The molecule has 0 spiro atoms. The SMILES string of the molecule is C=CCCCCCOc1coc(CO)cc1=O. The van der Waals surface area contributed by atoms with Gasteiger partial charge in [0.2, 0.25) is 11.2 Å². The van der Waals surface area contributed by atoms with Gasteiger partial charge in [-0.25, -0.2) is 0 Å². The fourth-order valence-corrected chi connectivity index (χ4v) is 1.38. The van der Waals surface area contributed by atoms with Crippen molar-refractivity contribution in [3.63, 3.8) is 0 Å². The highest BCUT2D eigenvalue weighted by Gasteiger charge is 2.03. The van der Waals surface area contributed by atoms with Crippen molar-refractivity contribution >= 4 is 0 Å². The molecule has 0 bridgehead atoms. The minimum Gasteiger partial charge on any atom is -0.487 e. The predicted molar refractivity (Wildman–Crippen MR) is 65.1 cm³/mol. The van der Waals surface area contributed by atoms with E-state index in [4.69, 9.17) is 14.3 Å². The van der Waals surface area contributed by atoms with Crippen molar-refractivity contribution in [2.24, 2.45) is 0 Å². The Hall–Kier alpha value is -1.55. The number of rotatable bonds is 8. The Morgan fingerprint density at radius 3 is 2.88 bits per heavy atom. The summed E-state index contributed by atoms with van der Waals surface area (Å²) in [7, 11) is 0. The first-order chi connectivity index (χ1) is 8.27. The van der Waals surface area contributed by atoms with Crippen LogP contribution in [0.15, 0.2) is 34.2 Å². The van der Waals surface area contributed by atoms with Crippen molar-refractivity contribution in [2.75, 3.05) is 6.61 Å². The molecule has 1 N–H and O–H groups in total. The fourth-order valence-electron chi connectivity index (χ4n) is 1.38. The molecule has 1 rings (SSSR count). The fraction of sp³-hybridized carbons (Fsp3) is 0.462. The third-order valence-electron chi connectivity index (χ3n) is 2.32. The summed E-state index contributed by atoms with van der Waals surface area (Å²) in [4.78, 5) is 11.5. The van der Waals surface area contributed by atoms with Crippen LogP contribution in [0, 0.1) is 0 Å². The second-order valence-corrected chi connectivity index (χ2v) is 3.72. The Balaban J connectivity index is 2.32. The van der Waals surface area contributed by atoms with Gasteiger partial charge in [0, 0.05) is 6.07 Å². The molecule has 1 aromatic rings. The van der Waals surface area contributed by atoms with Crippen LogP contribution in [0.25, 0.3) is 0 Å². The van der Waals surface area contributed by atoms with E-state index in [-0.39, 0.29) is 23.5 Å². The largest absolute Gasteiger partial charge is 0.487 e. The van der Waals surface area contributed by atoms with Crippen molar-refractivity contribution in [1.82, 2.24) is 0 Å².